The molecule has 0 bridgehead atoms. The quantitative estimate of drug-likeness (QED) is 0.409. The molecule has 0 aromatic carbocycles. The van der Waals surface area contributed by atoms with E-state index in [4.69, 9.17) is 0 Å². The van der Waals surface area contributed by atoms with Gasteiger partial charge in [0.05, 0.1) is 0 Å². The van der Waals surface area contributed by atoms with Crippen LogP contribution in [0.4, 0.5) is 0 Å². The van der Waals surface area contributed by atoms with Crippen molar-refractivity contribution in [3.8, 4) is 0 Å². The second-order valence-electron chi connectivity index (χ2n) is 1.08. The third-order valence-electron chi connectivity index (χ3n) is 0.526. The zero-order valence-corrected chi connectivity index (χ0v) is 6.70. The van der Waals surface area contributed by atoms with Crippen LogP contribution < -0.4 is 0 Å². The highest BCUT2D eigenvalue weighted by Crippen LogP contribution is 1.92. The summed E-state index contributed by atoms with van der Waals surface area (Å²) in [6.07, 6.45) is 1.76. The van der Waals surface area contributed by atoms with E-state index in [1.54, 1.807) is 11.5 Å². The lowest BCUT2D eigenvalue weighted by molar-refractivity contribution is 1.50. The first kappa shape index (κ1) is 10.7. The lowest BCUT2D eigenvalue weighted by atomic mass is 10.4. The predicted octanol–water partition coefficient (Wildman–Crippen LogP) is 3.03. The molecule has 0 fully saturated rings. The van der Waals surface area contributed by atoms with Gasteiger partial charge in [0.2, 0.25) is 0 Å². The molecule has 0 unspecified atom stereocenters. The second kappa shape index (κ2) is 9.95. The van der Waals surface area contributed by atoms with E-state index in [9.17, 15) is 0 Å². The average Bonchev–Trinajstić information content (AvgIpc) is 1.91. The van der Waals surface area contributed by atoms with Crippen LogP contribution in [0, 0.1) is 0 Å². The highest BCUT2D eigenvalue weighted by molar-refractivity contribution is 7.83. The summed E-state index contributed by atoms with van der Waals surface area (Å²) in [5, 5.41) is 1.72. The molecule has 0 radical (unpaired) electrons. The number of allylic oxidation sites excluding steroid dienone is 2. The third kappa shape index (κ3) is 9.27. The van der Waals surface area contributed by atoms with Crippen LogP contribution in [-0.4, -0.2) is 0 Å². The van der Waals surface area contributed by atoms with Crippen LogP contribution in [0.5, 0.6) is 0 Å². The SMILES string of the molecule is C=C/C(C)=C\S.CC. The van der Waals surface area contributed by atoms with Gasteiger partial charge in [-0.05, 0) is 17.9 Å². The van der Waals surface area contributed by atoms with E-state index >= 15 is 0 Å². The summed E-state index contributed by atoms with van der Waals surface area (Å²) >= 11 is 3.86. The molecular formula is C7H14S. The summed E-state index contributed by atoms with van der Waals surface area (Å²) in [5.41, 5.74) is 1.10. The molecule has 0 aliphatic carbocycles. The molecule has 0 aromatic heterocycles. The fourth-order valence-electron chi connectivity index (χ4n) is 0.0527. The van der Waals surface area contributed by atoms with Gasteiger partial charge in [-0.15, -0.1) is 0 Å². The van der Waals surface area contributed by atoms with Crippen molar-refractivity contribution in [3.63, 3.8) is 0 Å². The van der Waals surface area contributed by atoms with Crippen LogP contribution in [-0.2, 0) is 0 Å². The van der Waals surface area contributed by atoms with E-state index in [1.807, 2.05) is 20.8 Å². The lowest BCUT2D eigenvalue weighted by Crippen LogP contribution is -1.55. The van der Waals surface area contributed by atoms with Crippen molar-refractivity contribution >= 4 is 12.6 Å². The highest BCUT2D eigenvalue weighted by atomic mass is 32.1. The third-order valence-corrected chi connectivity index (χ3v) is 0.933. The minimum atomic E-state index is 1.10. The van der Waals surface area contributed by atoms with Crippen LogP contribution in [0.1, 0.15) is 20.8 Å². The highest BCUT2D eigenvalue weighted by Gasteiger charge is 1.67. The van der Waals surface area contributed by atoms with E-state index in [0.29, 0.717) is 0 Å². The van der Waals surface area contributed by atoms with Gasteiger partial charge in [-0.25, -0.2) is 0 Å². The molecule has 8 heavy (non-hydrogen) atoms. The first-order valence-electron chi connectivity index (χ1n) is 2.74. The number of thiol groups is 1. The molecule has 0 spiro atoms. The Balaban J connectivity index is 0. The minimum absolute atomic E-state index is 1.10. The molecule has 0 rings (SSSR count). The van der Waals surface area contributed by atoms with Gasteiger partial charge >= 0.3 is 0 Å². The summed E-state index contributed by atoms with van der Waals surface area (Å²) in [6.45, 7) is 9.46. The Hall–Kier alpha value is -0.170. The number of rotatable bonds is 1. The smallest absolute Gasteiger partial charge is 0.0295 e. The van der Waals surface area contributed by atoms with Crippen molar-refractivity contribution < 1.29 is 0 Å². The van der Waals surface area contributed by atoms with Gasteiger partial charge in [-0.2, -0.15) is 12.6 Å². The molecule has 0 N–H and O–H groups in total. The molecule has 0 atom stereocenters. The Morgan fingerprint density at radius 3 is 1.88 bits per heavy atom. The van der Waals surface area contributed by atoms with Crippen LogP contribution in [0.25, 0.3) is 0 Å². The van der Waals surface area contributed by atoms with E-state index in [-0.39, 0.29) is 0 Å². The van der Waals surface area contributed by atoms with Gasteiger partial charge in [0.25, 0.3) is 0 Å². The van der Waals surface area contributed by atoms with Crippen LogP contribution in [0.3, 0.4) is 0 Å². The Labute approximate surface area is 57.7 Å². The maximum absolute atomic E-state index is 3.86. The summed E-state index contributed by atoms with van der Waals surface area (Å²) in [4.78, 5) is 0. The van der Waals surface area contributed by atoms with E-state index in [2.05, 4.69) is 19.2 Å². The molecule has 1 heteroatoms. The van der Waals surface area contributed by atoms with Crippen molar-refractivity contribution in [2.24, 2.45) is 0 Å². The van der Waals surface area contributed by atoms with Gasteiger partial charge in [0.1, 0.15) is 0 Å². The van der Waals surface area contributed by atoms with Crippen molar-refractivity contribution in [2.75, 3.05) is 0 Å². The van der Waals surface area contributed by atoms with E-state index in [1.165, 1.54) is 0 Å². The van der Waals surface area contributed by atoms with Gasteiger partial charge < -0.3 is 0 Å². The normalized spacial score (nSPS) is 9.25. The fourth-order valence-corrected chi connectivity index (χ4v) is 0.158. The van der Waals surface area contributed by atoms with Crippen molar-refractivity contribution in [1.82, 2.24) is 0 Å². The lowest BCUT2D eigenvalue weighted by Gasteiger charge is -1.77. The summed E-state index contributed by atoms with van der Waals surface area (Å²) in [7, 11) is 0. The van der Waals surface area contributed by atoms with Crippen molar-refractivity contribution in [1.29, 1.82) is 0 Å². The first-order chi connectivity index (χ1) is 3.81. The van der Waals surface area contributed by atoms with Crippen LogP contribution in [0.2, 0.25) is 0 Å². The molecule has 48 valence electrons. The minimum Gasteiger partial charge on any atom is -0.151 e. The largest absolute Gasteiger partial charge is 0.151 e. The van der Waals surface area contributed by atoms with Crippen molar-refractivity contribution in [2.45, 2.75) is 20.8 Å². The molecule has 0 saturated heterocycles. The fraction of sp³-hybridized carbons (Fsp3) is 0.429. The predicted molar refractivity (Wildman–Crippen MR) is 44.3 cm³/mol. The molecule has 0 heterocycles. The average molecular weight is 130 g/mol. The molecular weight excluding hydrogens is 116 g/mol. The standard InChI is InChI=1S/C5H8S.C2H6/c1-3-5(2)4-6;1-2/h3-4,6H,1H2,2H3;1-2H3/b5-4-;. The van der Waals surface area contributed by atoms with Gasteiger partial charge in [-0.3, -0.25) is 0 Å². The number of hydrogen-bond acceptors (Lipinski definition) is 1. The molecule has 0 nitrogen and oxygen atoms in total. The second-order valence-corrected chi connectivity index (χ2v) is 1.34. The Morgan fingerprint density at radius 1 is 1.50 bits per heavy atom. The Kier molecular flexibility index (Phi) is 13.4. The molecule has 0 aliphatic rings. The van der Waals surface area contributed by atoms with Gasteiger partial charge in [-0.1, -0.05) is 26.5 Å². The Bertz CT molecular complexity index is 72.5. The van der Waals surface area contributed by atoms with Crippen molar-refractivity contribution in [3.05, 3.63) is 23.6 Å². The van der Waals surface area contributed by atoms with Crippen LogP contribution in [0.15, 0.2) is 23.6 Å². The summed E-state index contributed by atoms with van der Waals surface area (Å²) < 4.78 is 0. The topological polar surface area (TPSA) is 0 Å². The molecule has 0 saturated carbocycles. The summed E-state index contributed by atoms with van der Waals surface area (Å²) in [6, 6.07) is 0. The first-order valence-corrected chi connectivity index (χ1v) is 3.26. The van der Waals surface area contributed by atoms with Crippen LogP contribution >= 0.6 is 12.6 Å². The Morgan fingerprint density at radius 2 is 1.88 bits per heavy atom. The zero-order valence-electron chi connectivity index (χ0n) is 5.81. The van der Waals surface area contributed by atoms with E-state index < -0.39 is 0 Å². The zero-order chi connectivity index (χ0) is 6.99. The van der Waals surface area contributed by atoms with Gasteiger partial charge in [0.15, 0.2) is 0 Å². The maximum atomic E-state index is 3.86. The molecule has 0 amide bonds. The van der Waals surface area contributed by atoms with Gasteiger partial charge in [0, 0.05) is 0 Å². The maximum Gasteiger partial charge on any atom is -0.0295 e. The molecule has 0 aromatic rings. The number of hydrogen-bond donors (Lipinski definition) is 1. The molecule has 0 aliphatic heterocycles. The monoisotopic (exact) mass is 130 g/mol. The van der Waals surface area contributed by atoms with E-state index in [0.717, 1.165) is 5.57 Å². The summed E-state index contributed by atoms with van der Waals surface area (Å²) in [5.74, 6) is 0.